The number of piperidine rings is 1. The van der Waals surface area contributed by atoms with E-state index >= 15 is 0 Å². The number of carbonyl (C=O) groups is 1. The van der Waals surface area contributed by atoms with Gasteiger partial charge in [-0.3, -0.25) is 4.79 Å². The fourth-order valence-electron chi connectivity index (χ4n) is 3.55. The molecule has 130 valence electrons. The fraction of sp³-hybridized carbons (Fsp3) is 0.263. The molecule has 0 spiro atoms. The average Bonchev–Trinajstić information content (AvgIpc) is 3.05. The summed E-state index contributed by atoms with van der Waals surface area (Å²) < 4.78 is 16.2. The number of halogens is 1. The van der Waals surface area contributed by atoms with Gasteiger partial charge in [0.05, 0.1) is 13.4 Å². The molecule has 0 saturated carbocycles. The van der Waals surface area contributed by atoms with Gasteiger partial charge in [0.1, 0.15) is 17.0 Å². The van der Waals surface area contributed by atoms with E-state index in [1.54, 1.807) is 30.5 Å². The molecule has 7 heteroatoms. The van der Waals surface area contributed by atoms with E-state index in [9.17, 15) is 9.18 Å². The minimum Gasteiger partial charge on any atom is -0.366 e. The van der Waals surface area contributed by atoms with Crippen molar-refractivity contribution in [1.29, 1.82) is 0 Å². The number of nitrogens with two attached hydrogens (primary N) is 1. The zero-order chi connectivity index (χ0) is 18.3. The summed E-state index contributed by atoms with van der Waals surface area (Å²) in [7, 11) is 6.45. The van der Waals surface area contributed by atoms with Gasteiger partial charge < -0.3 is 11.1 Å². The second kappa shape index (κ2) is 6.25. The molecule has 1 aliphatic rings. The predicted octanol–water partition coefficient (Wildman–Crippen LogP) is 2.01. The monoisotopic (exact) mass is 348 g/mol. The fourth-order valence-corrected chi connectivity index (χ4v) is 3.55. The van der Waals surface area contributed by atoms with E-state index in [4.69, 9.17) is 13.6 Å². The molecule has 3 aromatic rings. The Morgan fingerprint density at radius 3 is 2.88 bits per heavy atom. The first kappa shape index (κ1) is 16.8. The molecule has 1 aromatic heterocycles. The highest BCUT2D eigenvalue weighted by Gasteiger charge is 2.29. The predicted molar refractivity (Wildman–Crippen MR) is 99.1 cm³/mol. The third-order valence-electron chi connectivity index (χ3n) is 4.99. The first-order valence-corrected chi connectivity index (χ1v) is 8.56. The number of nitrogens with zero attached hydrogens (tertiary/aromatic N) is 2. The molecule has 0 bridgehead atoms. The summed E-state index contributed by atoms with van der Waals surface area (Å²) in [6, 6.07) is 10.1. The molecule has 1 saturated heterocycles. The van der Waals surface area contributed by atoms with Crippen molar-refractivity contribution in [3.63, 3.8) is 0 Å². The van der Waals surface area contributed by atoms with E-state index in [1.165, 1.54) is 10.7 Å². The van der Waals surface area contributed by atoms with Crippen molar-refractivity contribution in [1.82, 2.24) is 15.1 Å². The molecular formula is C19H18BFN4O. The molecule has 2 radical (unpaired) electrons. The average molecular weight is 348 g/mol. The van der Waals surface area contributed by atoms with Crippen LogP contribution >= 0.6 is 0 Å². The van der Waals surface area contributed by atoms with E-state index in [2.05, 4.69) is 10.4 Å². The molecule has 2 heterocycles. The molecule has 1 amide bonds. The number of benzene rings is 2. The molecule has 26 heavy (non-hydrogen) atoms. The number of amides is 1. The Morgan fingerprint density at radius 1 is 1.35 bits per heavy atom. The van der Waals surface area contributed by atoms with Crippen molar-refractivity contribution in [2.45, 2.75) is 18.2 Å². The number of hydrogen-bond donors (Lipinski definition) is 2. The van der Waals surface area contributed by atoms with Gasteiger partial charge >= 0.3 is 0 Å². The Balaban J connectivity index is 1.76. The van der Waals surface area contributed by atoms with Crippen LogP contribution in [0.3, 0.4) is 0 Å². The SMILES string of the molecule is [B]C1(c2ccc(-n3cc4cccc(C(N)=O)c4n3)c(F)c2)CCCNC1. The van der Waals surface area contributed by atoms with Crippen molar-refractivity contribution >= 4 is 24.7 Å². The van der Waals surface area contributed by atoms with Gasteiger partial charge in [-0.25, -0.2) is 9.07 Å². The normalized spacial score (nSPS) is 20.3. The van der Waals surface area contributed by atoms with Crippen molar-refractivity contribution < 1.29 is 9.18 Å². The zero-order valence-corrected chi connectivity index (χ0v) is 14.2. The third kappa shape index (κ3) is 2.78. The van der Waals surface area contributed by atoms with E-state index in [1.807, 2.05) is 6.07 Å². The van der Waals surface area contributed by atoms with Crippen molar-refractivity contribution in [2.24, 2.45) is 5.73 Å². The van der Waals surface area contributed by atoms with Gasteiger partial charge in [0.25, 0.3) is 5.91 Å². The molecule has 0 aliphatic carbocycles. The lowest BCUT2D eigenvalue weighted by Crippen LogP contribution is -2.43. The molecule has 2 aromatic carbocycles. The summed E-state index contributed by atoms with van der Waals surface area (Å²) in [4.78, 5) is 11.6. The molecule has 1 unspecified atom stereocenters. The summed E-state index contributed by atoms with van der Waals surface area (Å²) in [6.07, 6.45) is 3.45. The van der Waals surface area contributed by atoms with Crippen LogP contribution in [-0.4, -0.2) is 36.6 Å². The number of nitrogens with one attached hydrogen (secondary N) is 1. The van der Waals surface area contributed by atoms with Crippen molar-refractivity contribution in [3.05, 3.63) is 59.5 Å². The lowest BCUT2D eigenvalue weighted by atomic mass is 9.60. The van der Waals surface area contributed by atoms with Crippen LogP contribution in [0.1, 0.15) is 28.8 Å². The maximum absolute atomic E-state index is 14.8. The van der Waals surface area contributed by atoms with Crippen LogP contribution in [0.2, 0.25) is 0 Å². The summed E-state index contributed by atoms with van der Waals surface area (Å²) in [5.41, 5.74) is 7.22. The Bertz CT molecular complexity index is 994. The van der Waals surface area contributed by atoms with E-state index in [0.29, 0.717) is 23.3 Å². The molecule has 1 atom stereocenters. The maximum Gasteiger partial charge on any atom is 0.250 e. The first-order valence-electron chi connectivity index (χ1n) is 8.56. The minimum absolute atomic E-state index is 0.299. The summed E-state index contributed by atoms with van der Waals surface area (Å²) in [5, 5.41) is 7.78. The quantitative estimate of drug-likeness (QED) is 0.712. The van der Waals surface area contributed by atoms with Gasteiger partial charge in [-0.2, -0.15) is 5.10 Å². The topological polar surface area (TPSA) is 72.9 Å². The molecule has 1 fully saturated rings. The maximum atomic E-state index is 14.8. The number of aromatic nitrogens is 2. The largest absolute Gasteiger partial charge is 0.366 e. The molecular weight excluding hydrogens is 330 g/mol. The van der Waals surface area contributed by atoms with Gasteiger partial charge in [-0.05, 0) is 55.0 Å². The van der Waals surface area contributed by atoms with Gasteiger partial charge in [0, 0.05) is 11.6 Å². The van der Waals surface area contributed by atoms with Crippen molar-refractivity contribution in [2.75, 3.05) is 13.1 Å². The van der Waals surface area contributed by atoms with Crippen LogP contribution in [0.25, 0.3) is 16.6 Å². The van der Waals surface area contributed by atoms with Crippen LogP contribution in [0.15, 0.2) is 42.6 Å². The highest BCUT2D eigenvalue weighted by molar-refractivity contribution is 6.16. The lowest BCUT2D eigenvalue weighted by molar-refractivity contribution is 0.100. The second-order valence-electron chi connectivity index (χ2n) is 6.78. The smallest absolute Gasteiger partial charge is 0.250 e. The van der Waals surface area contributed by atoms with Crippen LogP contribution < -0.4 is 11.1 Å². The standard InChI is InChI=1S/C19H18BFN4O/c20-19(7-2-8-23-11-19)13-5-6-16(15(21)9-13)25-10-12-3-1-4-14(18(22)26)17(12)24-25/h1,3-6,9-10,23H,2,7-8,11H2,(H2,22,26). The summed E-state index contributed by atoms with van der Waals surface area (Å²) in [6.45, 7) is 1.56. The minimum atomic E-state index is -0.564. The van der Waals surface area contributed by atoms with Gasteiger partial charge in [0.2, 0.25) is 0 Å². The van der Waals surface area contributed by atoms with Crippen molar-refractivity contribution in [3.8, 4) is 5.69 Å². The Hall–Kier alpha value is -2.67. The Morgan fingerprint density at radius 2 is 2.19 bits per heavy atom. The second-order valence-corrected chi connectivity index (χ2v) is 6.78. The van der Waals surface area contributed by atoms with E-state index < -0.39 is 17.0 Å². The number of carbonyl (C=O) groups excluding carboxylic acids is 1. The zero-order valence-electron chi connectivity index (χ0n) is 14.2. The van der Waals surface area contributed by atoms with Gasteiger partial charge in [0.15, 0.2) is 0 Å². The molecule has 5 nitrogen and oxygen atoms in total. The van der Waals surface area contributed by atoms with E-state index in [-0.39, 0.29) is 0 Å². The van der Waals surface area contributed by atoms with Crippen LogP contribution in [0.5, 0.6) is 0 Å². The van der Waals surface area contributed by atoms with Gasteiger partial charge in [-0.15, -0.1) is 0 Å². The molecule has 1 aliphatic heterocycles. The van der Waals surface area contributed by atoms with Gasteiger partial charge in [-0.1, -0.05) is 18.2 Å². The number of hydrogen-bond acceptors (Lipinski definition) is 3. The number of primary amides is 1. The molecule has 4 rings (SSSR count). The first-order chi connectivity index (χ1) is 12.5. The molecule has 3 N–H and O–H groups in total. The number of fused-ring (bicyclic) bond motifs is 1. The summed E-state index contributed by atoms with van der Waals surface area (Å²) in [5.74, 6) is -0.974. The number of rotatable bonds is 3. The highest BCUT2D eigenvalue weighted by Crippen LogP contribution is 2.30. The van der Waals surface area contributed by atoms with Crippen LogP contribution in [0.4, 0.5) is 4.39 Å². The lowest BCUT2D eigenvalue weighted by Gasteiger charge is -2.35. The van der Waals surface area contributed by atoms with Crippen LogP contribution in [-0.2, 0) is 5.31 Å². The van der Waals surface area contributed by atoms with Crippen LogP contribution in [0, 0.1) is 5.82 Å². The Labute approximate surface area is 151 Å². The Kier molecular flexibility index (Phi) is 4.03. The van der Waals surface area contributed by atoms with E-state index in [0.717, 1.165) is 30.3 Å². The third-order valence-corrected chi connectivity index (χ3v) is 4.99. The summed E-state index contributed by atoms with van der Waals surface area (Å²) >= 11 is 0. The highest BCUT2D eigenvalue weighted by atomic mass is 19.1.